The molecule has 1 aromatic heterocycles. The van der Waals surface area contributed by atoms with Crippen molar-refractivity contribution in [3.8, 4) is 0 Å². The minimum absolute atomic E-state index is 0.0537. The quantitative estimate of drug-likeness (QED) is 0.504. The van der Waals surface area contributed by atoms with Gasteiger partial charge in [0.15, 0.2) is 5.76 Å². The van der Waals surface area contributed by atoms with E-state index in [1.165, 1.54) is 41.7 Å². The number of hydrogen-bond acceptors (Lipinski definition) is 6. The number of hydrogen-bond donors (Lipinski definition) is 3. The van der Waals surface area contributed by atoms with E-state index in [0.717, 1.165) is 5.56 Å². The van der Waals surface area contributed by atoms with Crippen LogP contribution in [0.5, 0.6) is 0 Å². The SMILES string of the molecule is C=CC(C)(C)[C@@]12C=C(O)C(=O)N3/C(=C\c4cnc[nH]4)C(=O)N[C@@]31N(OC)c1ccccc12. The van der Waals surface area contributed by atoms with E-state index in [2.05, 4.69) is 21.9 Å². The molecule has 2 amide bonds. The van der Waals surface area contributed by atoms with E-state index in [1.54, 1.807) is 6.08 Å². The molecule has 3 aliphatic rings. The average Bonchev–Trinajstić information content (AvgIpc) is 3.44. The van der Waals surface area contributed by atoms with Gasteiger partial charge in [-0.1, -0.05) is 38.1 Å². The summed E-state index contributed by atoms with van der Waals surface area (Å²) in [7, 11) is 1.48. The summed E-state index contributed by atoms with van der Waals surface area (Å²) in [5, 5.41) is 15.5. The van der Waals surface area contributed by atoms with Crippen molar-refractivity contribution in [2.75, 3.05) is 12.2 Å². The van der Waals surface area contributed by atoms with Crippen molar-refractivity contribution in [3.63, 3.8) is 0 Å². The number of nitrogens with zero attached hydrogens (tertiary/aromatic N) is 3. The molecule has 1 saturated heterocycles. The van der Waals surface area contributed by atoms with E-state index < -0.39 is 34.2 Å². The summed E-state index contributed by atoms with van der Waals surface area (Å²) in [6.07, 6.45) is 7.81. The minimum atomic E-state index is -1.52. The normalized spacial score (nSPS) is 27.7. The lowest BCUT2D eigenvalue weighted by Crippen LogP contribution is -2.76. The van der Waals surface area contributed by atoms with Crippen molar-refractivity contribution in [1.29, 1.82) is 0 Å². The first-order valence-electron chi connectivity index (χ1n) is 10.1. The van der Waals surface area contributed by atoms with Gasteiger partial charge in [0.25, 0.3) is 11.8 Å². The van der Waals surface area contributed by atoms with E-state index in [1.807, 2.05) is 38.1 Å². The molecule has 5 rings (SSSR count). The second-order valence-electron chi connectivity index (χ2n) is 8.56. The third-order valence-electron chi connectivity index (χ3n) is 6.77. The number of H-pyrrole nitrogens is 1. The molecular formula is C23H23N5O4. The van der Waals surface area contributed by atoms with Crippen molar-refractivity contribution >= 4 is 23.6 Å². The van der Waals surface area contributed by atoms with Gasteiger partial charge in [-0.05, 0) is 23.8 Å². The molecule has 0 unspecified atom stereocenters. The maximum atomic E-state index is 13.4. The highest BCUT2D eigenvalue weighted by Crippen LogP contribution is 2.64. The lowest BCUT2D eigenvalue weighted by molar-refractivity contribution is -0.144. The van der Waals surface area contributed by atoms with Gasteiger partial charge in [0.2, 0.25) is 5.79 Å². The van der Waals surface area contributed by atoms with Crippen molar-refractivity contribution in [1.82, 2.24) is 20.2 Å². The molecule has 3 N–H and O–H groups in total. The van der Waals surface area contributed by atoms with Crippen molar-refractivity contribution in [2.45, 2.75) is 25.0 Å². The Morgan fingerprint density at radius 3 is 2.69 bits per heavy atom. The third kappa shape index (κ3) is 2.08. The first-order chi connectivity index (χ1) is 15.2. The summed E-state index contributed by atoms with van der Waals surface area (Å²) in [4.78, 5) is 40.8. The Balaban J connectivity index is 1.91. The minimum Gasteiger partial charge on any atom is -0.503 e. The Morgan fingerprint density at radius 2 is 2.03 bits per heavy atom. The molecule has 3 aliphatic heterocycles. The number of nitrogens with one attached hydrogen (secondary N) is 2. The van der Waals surface area contributed by atoms with Crippen LogP contribution in [0, 0.1) is 5.41 Å². The Labute approximate surface area is 184 Å². The lowest BCUT2D eigenvalue weighted by Gasteiger charge is -2.56. The van der Waals surface area contributed by atoms with Crippen LogP contribution < -0.4 is 10.4 Å². The predicted molar refractivity (Wildman–Crippen MR) is 117 cm³/mol. The van der Waals surface area contributed by atoms with Crippen LogP contribution in [0.4, 0.5) is 5.69 Å². The second kappa shape index (κ2) is 6.33. The summed E-state index contributed by atoms with van der Waals surface area (Å²) in [6.45, 7) is 7.91. The number of rotatable bonds is 4. The van der Waals surface area contributed by atoms with Crippen LogP contribution in [0.25, 0.3) is 6.08 Å². The molecule has 1 spiro atoms. The van der Waals surface area contributed by atoms with E-state index in [0.29, 0.717) is 11.4 Å². The van der Waals surface area contributed by atoms with Gasteiger partial charge < -0.3 is 15.4 Å². The number of carbonyl (C=O) groups excluding carboxylic acids is 2. The zero-order valence-corrected chi connectivity index (χ0v) is 17.9. The number of hydroxylamine groups is 1. The highest BCUT2D eigenvalue weighted by Gasteiger charge is 2.76. The third-order valence-corrected chi connectivity index (χ3v) is 6.77. The van der Waals surface area contributed by atoms with Gasteiger partial charge in [0, 0.05) is 5.41 Å². The molecule has 9 nitrogen and oxygen atoms in total. The van der Waals surface area contributed by atoms with Crippen LogP contribution in [0.3, 0.4) is 0 Å². The number of aromatic nitrogens is 2. The zero-order valence-electron chi connectivity index (χ0n) is 17.9. The fourth-order valence-electron chi connectivity index (χ4n) is 5.29. The Bertz CT molecular complexity index is 1210. The number of aliphatic hydroxyl groups is 1. The number of aliphatic hydroxyl groups excluding tert-OH is 1. The Kier molecular flexibility index (Phi) is 3.97. The molecule has 0 bridgehead atoms. The summed E-state index contributed by atoms with van der Waals surface area (Å²) in [5.41, 5.74) is 0.141. The number of amides is 2. The Morgan fingerprint density at radius 1 is 1.28 bits per heavy atom. The monoisotopic (exact) mass is 433 g/mol. The molecule has 1 aromatic carbocycles. The number of aromatic amines is 1. The highest BCUT2D eigenvalue weighted by atomic mass is 16.7. The van der Waals surface area contributed by atoms with Gasteiger partial charge in [-0.2, -0.15) is 0 Å². The molecule has 2 atom stereocenters. The van der Waals surface area contributed by atoms with Crippen LogP contribution >= 0.6 is 0 Å². The summed E-state index contributed by atoms with van der Waals surface area (Å²) in [6, 6.07) is 7.47. The topological polar surface area (TPSA) is 111 Å². The van der Waals surface area contributed by atoms with Crippen molar-refractivity contribution in [2.24, 2.45) is 5.41 Å². The lowest BCUT2D eigenvalue weighted by atomic mass is 9.57. The molecule has 2 aromatic rings. The molecule has 0 radical (unpaired) electrons. The highest BCUT2D eigenvalue weighted by molar-refractivity contribution is 6.10. The number of para-hydroxylation sites is 1. The fraction of sp³-hybridized carbons (Fsp3) is 0.261. The predicted octanol–water partition coefficient (Wildman–Crippen LogP) is 2.35. The molecule has 164 valence electrons. The molecule has 9 heteroatoms. The summed E-state index contributed by atoms with van der Waals surface area (Å²) >= 11 is 0. The van der Waals surface area contributed by atoms with E-state index in [4.69, 9.17) is 4.84 Å². The fourth-order valence-corrected chi connectivity index (χ4v) is 5.29. The maximum Gasteiger partial charge on any atom is 0.296 e. The number of imidazole rings is 1. The van der Waals surface area contributed by atoms with Crippen LogP contribution in [-0.2, 0) is 19.8 Å². The largest absolute Gasteiger partial charge is 0.503 e. The average molecular weight is 433 g/mol. The second-order valence-corrected chi connectivity index (χ2v) is 8.56. The van der Waals surface area contributed by atoms with Crippen LogP contribution in [0.1, 0.15) is 25.1 Å². The van der Waals surface area contributed by atoms with E-state index in [9.17, 15) is 14.7 Å². The maximum absolute atomic E-state index is 13.4. The number of allylic oxidation sites excluding steroid dienone is 1. The number of benzene rings is 1. The van der Waals surface area contributed by atoms with Gasteiger partial charge in [-0.25, -0.2) is 10.0 Å². The van der Waals surface area contributed by atoms with Crippen LogP contribution in [0.15, 0.2) is 67.0 Å². The molecule has 0 saturated carbocycles. The standard InChI is InChI=1S/C23H23N5O4/c1-5-21(2,3)22-11-18(29)20(31)27-17(10-14-12-24-13-25-14)19(30)26-23(22,27)28(32-4)16-9-7-6-8-15(16)22/h5-13,29H,1H2,2-4H3,(H,24,25)(H,26,30)/b17-10-/t22-,23+/m0/s1. The van der Waals surface area contributed by atoms with Gasteiger partial charge >= 0.3 is 0 Å². The van der Waals surface area contributed by atoms with Crippen LogP contribution in [0.2, 0.25) is 0 Å². The summed E-state index contributed by atoms with van der Waals surface area (Å²) < 4.78 is 0. The molecule has 32 heavy (non-hydrogen) atoms. The zero-order chi connectivity index (χ0) is 22.9. The van der Waals surface area contributed by atoms with Gasteiger partial charge in [0.1, 0.15) is 5.70 Å². The van der Waals surface area contributed by atoms with Gasteiger partial charge in [-0.15, -0.1) is 6.58 Å². The van der Waals surface area contributed by atoms with E-state index >= 15 is 0 Å². The van der Waals surface area contributed by atoms with E-state index in [-0.39, 0.29) is 5.70 Å². The van der Waals surface area contributed by atoms with Crippen LogP contribution in [-0.4, -0.2) is 44.7 Å². The first kappa shape index (κ1) is 20.1. The molecular weight excluding hydrogens is 410 g/mol. The van der Waals surface area contributed by atoms with Gasteiger partial charge in [-0.3, -0.25) is 19.3 Å². The Hall–Kier alpha value is -3.85. The first-order valence-corrected chi connectivity index (χ1v) is 10.1. The number of fused-ring (bicyclic) bond motifs is 2. The van der Waals surface area contributed by atoms with Crippen molar-refractivity contribution < 1.29 is 19.5 Å². The smallest absolute Gasteiger partial charge is 0.296 e. The molecule has 4 heterocycles. The molecule has 1 fully saturated rings. The number of anilines is 1. The number of carbonyl (C=O) groups is 2. The van der Waals surface area contributed by atoms with Crippen molar-refractivity contribution in [3.05, 3.63) is 78.2 Å². The summed E-state index contributed by atoms with van der Waals surface area (Å²) in [5.74, 6) is -3.19. The molecule has 0 aliphatic carbocycles. The van der Waals surface area contributed by atoms with Gasteiger partial charge in [0.05, 0.1) is 36.4 Å².